The third-order valence-corrected chi connectivity index (χ3v) is 8.71. The molecule has 248 valence electrons. The third kappa shape index (κ3) is 6.99. The molecule has 0 aromatic heterocycles. The second-order valence-electron chi connectivity index (χ2n) is 12.1. The number of aryl methyl sites for hydroxylation is 1. The van der Waals surface area contributed by atoms with Crippen LogP contribution in [-0.2, 0) is 5.41 Å². The Morgan fingerprint density at radius 3 is 1.18 bits per heavy atom. The highest BCUT2D eigenvalue weighted by molar-refractivity contribution is 6.34. The van der Waals surface area contributed by atoms with Gasteiger partial charge in [-0.3, -0.25) is 24.1 Å². The van der Waals surface area contributed by atoms with E-state index in [9.17, 15) is 19.2 Å². The van der Waals surface area contributed by atoms with Gasteiger partial charge in [-0.25, -0.2) is 4.90 Å². The minimum atomic E-state index is -0.251. The van der Waals surface area contributed by atoms with Crippen LogP contribution in [0.25, 0.3) is 0 Å². The highest BCUT2D eigenvalue weighted by Gasteiger charge is 2.36. The number of hydrogen-bond acceptors (Lipinski definition) is 6. The number of anilines is 1. The van der Waals surface area contributed by atoms with Gasteiger partial charge < -0.3 is 9.47 Å². The molecule has 4 amide bonds. The molecule has 2 aliphatic rings. The number of ether oxygens (including phenoxy) is 2. The van der Waals surface area contributed by atoms with E-state index < -0.39 is 0 Å². The number of hydrogen-bond donors (Lipinski definition) is 0. The first-order chi connectivity index (χ1) is 23.5. The Morgan fingerprint density at radius 1 is 0.490 bits per heavy atom. The van der Waals surface area contributed by atoms with Crippen molar-refractivity contribution in [2.75, 3.05) is 26.2 Å². The predicted octanol–water partition coefficient (Wildman–Crippen LogP) is 7.74. The Hall–Kier alpha value is -6.02. The minimum absolute atomic E-state index is 0.0431. The number of amides is 4. The number of imide groups is 2. The topological polar surface area (TPSA) is 93.2 Å². The summed E-state index contributed by atoms with van der Waals surface area (Å²) in [5, 5.41) is 0. The number of carbonyl (C=O) groups is 4. The van der Waals surface area contributed by atoms with E-state index in [0.717, 1.165) is 22.0 Å². The number of methoxy groups -OCH3 is 2. The molecular weight excluding hydrogens is 616 g/mol. The third-order valence-electron chi connectivity index (χ3n) is 8.71. The number of carbonyl (C=O) groups excluding carboxylic acids is 4. The van der Waals surface area contributed by atoms with Gasteiger partial charge in [-0.05, 0) is 78.7 Å². The molecule has 0 unspecified atom stereocenters. The van der Waals surface area contributed by atoms with Crippen LogP contribution in [0, 0.1) is 6.92 Å². The summed E-state index contributed by atoms with van der Waals surface area (Å²) in [6.45, 7) is 6.40. The number of nitrogens with zero attached hydrogens (tertiary/aromatic N) is 2. The minimum Gasteiger partial charge on any atom is -0.497 e. The first kappa shape index (κ1) is 34.3. The molecule has 8 heteroatoms. The fraction of sp³-hybridized carbons (Fsp3) is 0.171. The maximum atomic E-state index is 12.2. The monoisotopic (exact) mass is 654 g/mol. The standard InChI is InChI=1S/C17H20O2.C15H11NO2.C9H7NO2/c1-17(2,13-5-9-15(18-3)10-6-13)14-7-11-16(19-4)12-8-14;1-10-6-8-11(9-7-10)16-14(17)12-4-2-3-5-13(12)15(16)18;1-10-8(11)6-4-2-3-5-7(6)9(10)12/h5-12H,1-4H3;2-9H,1H3;2-5H,1H3. The molecule has 7 rings (SSSR count). The summed E-state index contributed by atoms with van der Waals surface area (Å²) in [4.78, 5) is 49.4. The maximum absolute atomic E-state index is 12.2. The fourth-order valence-electron chi connectivity index (χ4n) is 5.61. The van der Waals surface area contributed by atoms with Crippen LogP contribution in [0.15, 0.2) is 121 Å². The largest absolute Gasteiger partial charge is 0.497 e. The van der Waals surface area contributed by atoms with E-state index in [1.807, 2.05) is 43.3 Å². The lowest BCUT2D eigenvalue weighted by Gasteiger charge is -2.26. The van der Waals surface area contributed by atoms with Crippen molar-refractivity contribution in [3.05, 3.63) is 160 Å². The predicted molar refractivity (Wildman–Crippen MR) is 190 cm³/mol. The van der Waals surface area contributed by atoms with Crippen LogP contribution in [0.1, 0.15) is 72.0 Å². The van der Waals surface area contributed by atoms with Crippen LogP contribution >= 0.6 is 0 Å². The van der Waals surface area contributed by atoms with E-state index in [2.05, 4.69) is 38.1 Å². The molecule has 0 radical (unpaired) electrons. The van der Waals surface area contributed by atoms with Gasteiger partial charge in [-0.2, -0.15) is 0 Å². The molecule has 0 saturated carbocycles. The van der Waals surface area contributed by atoms with Gasteiger partial charge in [0.05, 0.1) is 42.2 Å². The van der Waals surface area contributed by atoms with Crippen LogP contribution in [0.5, 0.6) is 11.5 Å². The lowest BCUT2D eigenvalue weighted by Crippen LogP contribution is -2.29. The second-order valence-corrected chi connectivity index (χ2v) is 12.1. The van der Waals surface area contributed by atoms with Crippen molar-refractivity contribution in [1.82, 2.24) is 4.90 Å². The summed E-state index contributed by atoms with van der Waals surface area (Å²) in [7, 11) is 4.86. The summed E-state index contributed by atoms with van der Waals surface area (Å²) in [5.41, 5.74) is 6.15. The number of benzene rings is 5. The van der Waals surface area contributed by atoms with Crippen molar-refractivity contribution < 1.29 is 28.7 Å². The van der Waals surface area contributed by atoms with E-state index in [0.29, 0.717) is 27.9 Å². The molecule has 2 heterocycles. The van der Waals surface area contributed by atoms with Gasteiger partial charge in [-0.15, -0.1) is 0 Å². The Balaban J connectivity index is 0.000000147. The molecule has 0 aliphatic carbocycles. The Kier molecular flexibility index (Phi) is 10.1. The van der Waals surface area contributed by atoms with Crippen molar-refractivity contribution in [2.24, 2.45) is 0 Å². The van der Waals surface area contributed by atoms with Crippen LogP contribution in [-0.4, -0.2) is 49.8 Å². The smallest absolute Gasteiger partial charge is 0.266 e. The normalized spacial score (nSPS) is 13.2. The van der Waals surface area contributed by atoms with Crippen LogP contribution in [0.4, 0.5) is 5.69 Å². The van der Waals surface area contributed by atoms with Gasteiger partial charge in [0.1, 0.15) is 11.5 Å². The van der Waals surface area contributed by atoms with Gasteiger partial charge in [0.2, 0.25) is 0 Å². The lowest BCUT2D eigenvalue weighted by atomic mass is 9.78. The van der Waals surface area contributed by atoms with E-state index in [4.69, 9.17) is 9.47 Å². The molecule has 8 nitrogen and oxygen atoms in total. The summed E-state index contributed by atoms with van der Waals surface area (Å²) < 4.78 is 10.4. The molecule has 0 N–H and O–H groups in total. The van der Waals surface area contributed by atoms with Crippen LogP contribution < -0.4 is 14.4 Å². The maximum Gasteiger partial charge on any atom is 0.266 e. The summed E-state index contributed by atoms with van der Waals surface area (Å²) in [6.07, 6.45) is 0. The summed E-state index contributed by atoms with van der Waals surface area (Å²) in [6, 6.07) is 37.6. The molecule has 0 spiro atoms. The highest BCUT2D eigenvalue weighted by Crippen LogP contribution is 2.33. The molecule has 5 aromatic rings. The van der Waals surface area contributed by atoms with E-state index in [1.54, 1.807) is 74.9 Å². The zero-order chi connectivity index (χ0) is 35.3. The average Bonchev–Trinajstić information content (AvgIpc) is 3.52. The van der Waals surface area contributed by atoms with Gasteiger partial charge in [-0.1, -0.05) is 80.1 Å². The van der Waals surface area contributed by atoms with E-state index in [1.165, 1.54) is 23.1 Å². The molecule has 2 aliphatic heterocycles. The zero-order valence-corrected chi connectivity index (χ0v) is 28.4. The molecular formula is C41H38N2O6. The second kappa shape index (κ2) is 14.4. The molecule has 49 heavy (non-hydrogen) atoms. The van der Waals surface area contributed by atoms with Gasteiger partial charge >= 0.3 is 0 Å². The number of rotatable bonds is 5. The molecule has 0 fully saturated rings. The number of fused-ring (bicyclic) bond motifs is 2. The van der Waals surface area contributed by atoms with E-state index in [-0.39, 0.29) is 29.0 Å². The average molecular weight is 655 g/mol. The quantitative estimate of drug-likeness (QED) is 0.180. The van der Waals surface area contributed by atoms with Crippen molar-refractivity contribution in [2.45, 2.75) is 26.2 Å². The van der Waals surface area contributed by atoms with Crippen molar-refractivity contribution in [3.63, 3.8) is 0 Å². The zero-order valence-electron chi connectivity index (χ0n) is 28.4. The first-order valence-corrected chi connectivity index (χ1v) is 15.7. The highest BCUT2D eigenvalue weighted by atomic mass is 16.5. The molecule has 0 saturated heterocycles. The van der Waals surface area contributed by atoms with Crippen molar-refractivity contribution in [1.29, 1.82) is 0 Å². The van der Waals surface area contributed by atoms with E-state index >= 15 is 0 Å². The fourth-order valence-corrected chi connectivity index (χ4v) is 5.61. The van der Waals surface area contributed by atoms with Crippen molar-refractivity contribution in [3.8, 4) is 11.5 Å². The van der Waals surface area contributed by atoms with Gasteiger partial charge in [0.15, 0.2) is 0 Å². The molecule has 0 atom stereocenters. The van der Waals surface area contributed by atoms with Crippen molar-refractivity contribution >= 4 is 29.3 Å². The molecule has 0 bridgehead atoms. The van der Waals surface area contributed by atoms with Gasteiger partial charge in [0.25, 0.3) is 23.6 Å². The first-order valence-electron chi connectivity index (χ1n) is 15.7. The Morgan fingerprint density at radius 2 is 0.837 bits per heavy atom. The lowest BCUT2D eigenvalue weighted by molar-refractivity contribution is 0.0692. The summed E-state index contributed by atoms with van der Waals surface area (Å²) in [5.74, 6) is 0.841. The Bertz CT molecular complexity index is 1880. The summed E-state index contributed by atoms with van der Waals surface area (Å²) >= 11 is 0. The van der Waals surface area contributed by atoms with Crippen LogP contribution in [0.2, 0.25) is 0 Å². The molecule has 5 aromatic carbocycles. The Labute approximate surface area is 286 Å². The SMILES string of the molecule is CN1C(=O)c2ccccc2C1=O.COc1ccc(C(C)(C)c2ccc(OC)cc2)cc1.Cc1ccc(N2C(=O)c3ccccc3C2=O)cc1. The van der Waals surface area contributed by atoms with Crippen LogP contribution in [0.3, 0.4) is 0 Å². The van der Waals surface area contributed by atoms with Gasteiger partial charge in [0, 0.05) is 12.5 Å².